The summed E-state index contributed by atoms with van der Waals surface area (Å²) >= 11 is 1.21. The van der Waals surface area contributed by atoms with E-state index in [2.05, 4.69) is 15.3 Å². The Balaban J connectivity index is 1.76. The molecule has 0 spiro atoms. The number of thioether (sulfide) groups is 1. The van der Waals surface area contributed by atoms with E-state index in [9.17, 15) is 14.0 Å². The van der Waals surface area contributed by atoms with Crippen molar-refractivity contribution in [3.63, 3.8) is 0 Å². The first kappa shape index (κ1) is 20.1. The number of carbonyl (C=O) groups is 1. The molecule has 0 aliphatic carbocycles. The van der Waals surface area contributed by atoms with Crippen LogP contribution in [0, 0.1) is 12.7 Å². The van der Waals surface area contributed by atoms with Gasteiger partial charge in [0, 0.05) is 23.8 Å². The molecule has 8 heteroatoms. The van der Waals surface area contributed by atoms with E-state index in [4.69, 9.17) is 0 Å². The smallest absolute Gasteiger partial charge is 0.278 e. The third-order valence-corrected chi connectivity index (χ3v) is 5.54. The molecule has 2 aromatic heterocycles. The summed E-state index contributed by atoms with van der Waals surface area (Å²) in [7, 11) is 0. The Morgan fingerprint density at radius 2 is 2.14 bits per heavy atom. The van der Waals surface area contributed by atoms with Gasteiger partial charge in [0.15, 0.2) is 5.16 Å². The van der Waals surface area contributed by atoms with Crippen molar-refractivity contribution in [1.82, 2.24) is 19.9 Å². The van der Waals surface area contributed by atoms with Gasteiger partial charge >= 0.3 is 0 Å². The highest BCUT2D eigenvalue weighted by Gasteiger charge is 2.18. The van der Waals surface area contributed by atoms with Gasteiger partial charge in [-0.25, -0.2) is 9.37 Å². The second-order valence-electron chi connectivity index (χ2n) is 6.70. The predicted molar refractivity (Wildman–Crippen MR) is 109 cm³/mol. The average molecular weight is 402 g/mol. The van der Waals surface area contributed by atoms with Gasteiger partial charge in [0.25, 0.3) is 5.56 Å². The molecule has 1 aromatic carbocycles. The summed E-state index contributed by atoms with van der Waals surface area (Å²) in [6, 6.07) is 8.10. The lowest BCUT2D eigenvalue weighted by Crippen LogP contribution is -2.28. The fourth-order valence-electron chi connectivity index (χ4n) is 2.88. The van der Waals surface area contributed by atoms with Gasteiger partial charge < -0.3 is 10.3 Å². The van der Waals surface area contributed by atoms with Crippen LogP contribution in [0.15, 0.2) is 40.3 Å². The van der Waals surface area contributed by atoms with E-state index in [1.54, 1.807) is 22.8 Å². The molecule has 2 heterocycles. The number of hydrogen-bond donors (Lipinski definition) is 2. The summed E-state index contributed by atoms with van der Waals surface area (Å²) in [5.74, 6) is -0.508. The Morgan fingerprint density at radius 3 is 2.86 bits per heavy atom. The van der Waals surface area contributed by atoms with E-state index in [1.807, 2.05) is 26.8 Å². The van der Waals surface area contributed by atoms with Gasteiger partial charge in [-0.1, -0.05) is 36.9 Å². The number of amides is 1. The first-order chi connectivity index (χ1) is 13.4. The summed E-state index contributed by atoms with van der Waals surface area (Å²) < 4.78 is 15.3. The van der Waals surface area contributed by atoms with Gasteiger partial charge in [-0.2, -0.15) is 0 Å². The van der Waals surface area contributed by atoms with E-state index in [1.165, 1.54) is 17.8 Å². The highest BCUT2D eigenvalue weighted by atomic mass is 32.2. The normalized spacial score (nSPS) is 12.3. The van der Waals surface area contributed by atoms with Crippen LogP contribution in [0.1, 0.15) is 37.6 Å². The molecule has 6 nitrogen and oxygen atoms in total. The van der Waals surface area contributed by atoms with Crippen LogP contribution >= 0.6 is 11.8 Å². The van der Waals surface area contributed by atoms with Crippen LogP contribution in [0.2, 0.25) is 0 Å². The summed E-state index contributed by atoms with van der Waals surface area (Å²) in [6.45, 7) is 5.94. The minimum atomic E-state index is -0.351. The van der Waals surface area contributed by atoms with Crippen molar-refractivity contribution in [1.29, 1.82) is 0 Å². The lowest BCUT2D eigenvalue weighted by molar-refractivity contribution is -0.118. The molecule has 148 valence electrons. The Labute approximate surface area is 166 Å². The molecule has 2 N–H and O–H groups in total. The van der Waals surface area contributed by atoms with Gasteiger partial charge in [-0.15, -0.1) is 0 Å². The molecule has 0 saturated heterocycles. The lowest BCUT2D eigenvalue weighted by atomic mass is 10.2. The number of aryl methyl sites for hydroxylation is 1. The maximum Gasteiger partial charge on any atom is 0.278 e. The summed E-state index contributed by atoms with van der Waals surface area (Å²) in [5.41, 5.74) is 2.23. The number of carbonyl (C=O) groups excluding carboxylic acids is 1. The maximum absolute atomic E-state index is 13.7. The molecule has 0 aliphatic heterocycles. The molecular weight excluding hydrogens is 379 g/mol. The second kappa shape index (κ2) is 8.60. The molecule has 0 fully saturated rings. The van der Waals surface area contributed by atoms with Crippen molar-refractivity contribution >= 4 is 28.7 Å². The Hall–Kier alpha value is -2.61. The lowest BCUT2D eigenvalue weighted by Gasteiger charge is -2.17. The molecule has 0 bridgehead atoms. The highest BCUT2D eigenvalue weighted by molar-refractivity contribution is 7.99. The molecule has 1 atom stereocenters. The van der Waals surface area contributed by atoms with E-state index >= 15 is 0 Å². The van der Waals surface area contributed by atoms with E-state index in [-0.39, 0.29) is 35.6 Å². The number of fused-ring (bicyclic) bond motifs is 1. The van der Waals surface area contributed by atoms with Crippen molar-refractivity contribution in [2.24, 2.45) is 0 Å². The van der Waals surface area contributed by atoms with Crippen LogP contribution in [0.4, 0.5) is 4.39 Å². The summed E-state index contributed by atoms with van der Waals surface area (Å²) in [6.07, 6.45) is 0.764. The van der Waals surface area contributed by atoms with Crippen molar-refractivity contribution in [3.8, 4) is 0 Å². The third-order valence-electron chi connectivity index (χ3n) is 4.58. The van der Waals surface area contributed by atoms with Gasteiger partial charge in [0.2, 0.25) is 5.91 Å². The zero-order valence-electron chi connectivity index (χ0n) is 16.1. The molecule has 1 amide bonds. The van der Waals surface area contributed by atoms with Crippen LogP contribution in [0.5, 0.6) is 0 Å². The number of nitrogens with zero attached hydrogens (tertiary/aromatic N) is 2. The number of halogens is 1. The zero-order valence-corrected chi connectivity index (χ0v) is 16.9. The summed E-state index contributed by atoms with van der Waals surface area (Å²) in [4.78, 5) is 32.8. The van der Waals surface area contributed by atoms with Gasteiger partial charge in [-0.3, -0.25) is 14.2 Å². The van der Waals surface area contributed by atoms with Gasteiger partial charge in [0.05, 0.1) is 11.3 Å². The zero-order chi connectivity index (χ0) is 20.3. The number of rotatable bonds is 7. The first-order valence-corrected chi connectivity index (χ1v) is 10.1. The number of aromatic amines is 1. The van der Waals surface area contributed by atoms with Crippen molar-refractivity contribution in [2.45, 2.75) is 44.9 Å². The first-order valence-electron chi connectivity index (χ1n) is 9.15. The number of H-pyrrole nitrogens is 1. The Morgan fingerprint density at radius 1 is 1.39 bits per heavy atom. The molecular formula is C20H23FN4O2S. The molecule has 3 aromatic rings. The van der Waals surface area contributed by atoms with E-state index < -0.39 is 0 Å². The molecule has 3 rings (SSSR count). The van der Waals surface area contributed by atoms with Crippen LogP contribution in [0.25, 0.3) is 11.0 Å². The molecule has 0 radical (unpaired) electrons. The van der Waals surface area contributed by atoms with Crippen LogP contribution in [-0.2, 0) is 11.3 Å². The molecule has 1 unspecified atom stereocenters. The standard InChI is InChI=1S/C20H23FN4O2S/c1-4-13(3)25-19(27)18-16(9-12(2)23-18)24-20(25)28-11-17(26)22-10-14-7-5-6-8-15(14)21/h5-9,13,23H,4,10-11H2,1-3H3,(H,22,26). The summed E-state index contributed by atoms with van der Waals surface area (Å²) in [5, 5.41) is 3.21. The molecule has 28 heavy (non-hydrogen) atoms. The van der Waals surface area contributed by atoms with Crippen molar-refractivity contribution < 1.29 is 9.18 Å². The van der Waals surface area contributed by atoms with Crippen LogP contribution < -0.4 is 10.9 Å². The quantitative estimate of drug-likeness (QED) is 0.468. The second-order valence-corrected chi connectivity index (χ2v) is 7.64. The number of nitrogens with one attached hydrogen (secondary N) is 2. The number of aromatic nitrogens is 3. The Bertz CT molecular complexity index is 1060. The molecule has 0 saturated carbocycles. The number of benzene rings is 1. The van der Waals surface area contributed by atoms with Crippen LogP contribution in [-0.4, -0.2) is 26.2 Å². The monoisotopic (exact) mass is 402 g/mol. The minimum Gasteiger partial charge on any atom is -0.353 e. The molecule has 0 aliphatic rings. The third kappa shape index (κ3) is 4.27. The van der Waals surface area contributed by atoms with E-state index in [0.717, 1.165) is 12.1 Å². The Kier molecular flexibility index (Phi) is 6.18. The number of hydrogen-bond acceptors (Lipinski definition) is 4. The SMILES string of the molecule is CCC(C)n1c(SCC(=O)NCc2ccccc2F)nc2cc(C)[nH]c2c1=O. The topological polar surface area (TPSA) is 79.8 Å². The fourth-order valence-corrected chi connectivity index (χ4v) is 3.81. The van der Waals surface area contributed by atoms with Crippen molar-refractivity contribution in [3.05, 3.63) is 57.8 Å². The van der Waals surface area contributed by atoms with Gasteiger partial charge in [0.1, 0.15) is 11.3 Å². The van der Waals surface area contributed by atoms with E-state index in [0.29, 0.717) is 21.8 Å². The predicted octanol–water partition coefficient (Wildman–Crippen LogP) is 3.55. The highest BCUT2D eigenvalue weighted by Crippen LogP contribution is 2.22. The van der Waals surface area contributed by atoms with Gasteiger partial charge in [-0.05, 0) is 32.4 Å². The average Bonchev–Trinajstić information content (AvgIpc) is 3.06. The largest absolute Gasteiger partial charge is 0.353 e. The fraction of sp³-hybridized carbons (Fsp3) is 0.350. The minimum absolute atomic E-state index is 0.0445. The van der Waals surface area contributed by atoms with Crippen LogP contribution in [0.3, 0.4) is 0 Å². The maximum atomic E-state index is 13.7. The van der Waals surface area contributed by atoms with Crippen molar-refractivity contribution in [2.75, 3.05) is 5.75 Å².